The molecule has 0 amide bonds. The molecule has 0 aromatic heterocycles. The third-order valence-corrected chi connectivity index (χ3v) is 10.5. The predicted molar refractivity (Wildman–Crippen MR) is 85.8 cm³/mol. The zero-order chi connectivity index (χ0) is 13.9. The molecular formula is C14H29N2OPS. The molecule has 0 unspecified atom stereocenters. The molecule has 2 aliphatic heterocycles. The Kier molecular flexibility index (Phi) is 5.44. The second kappa shape index (κ2) is 6.51. The van der Waals surface area contributed by atoms with E-state index in [9.17, 15) is 4.57 Å². The first-order valence-corrected chi connectivity index (χ1v) is 10.8. The van der Waals surface area contributed by atoms with Crippen molar-refractivity contribution < 1.29 is 4.57 Å². The first-order chi connectivity index (χ1) is 8.92. The summed E-state index contributed by atoms with van der Waals surface area (Å²) in [6.45, 7) is 8.27. The Balaban J connectivity index is 2.17. The van der Waals surface area contributed by atoms with Gasteiger partial charge in [0.05, 0.1) is 0 Å². The van der Waals surface area contributed by atoms with Crippen molar-refractivity contribution in [2.24, 2.45) is 0 Å². The van der Waals surface area contributed by atoms with Crippen LogP contribution in [0.4, 0.5) is 0 Å². The lowest BCUT2D eigenvalue weighted by molar-refractivity contribution is 0.287. The highest BCUT2D eigenvalue weighted by molar-refractivity contribution is 8.57. The summed E-state index contributed by atoms with van der Waals surface area (Å²) in [5, 5.41) is 0. The topological polar surface area (TPSA) is 23.6 Å². The minimum absolute atomic E-state index is 0.0599. The highest BCUT2D eigenvalue weighted by Crippen LogP contribution is 2.68. The quantitative estimate of drug-likeness (QED) is 0.711. The van der Waals surface area contributed by atoms with E-state index >= 15 is 0 Å². The Morgan fingerprint density at radius 3 is 1.47 bits per heavy atom. The van der Waals surface area contributed by atoms with Crippen LogP contribution < -0.4 is 0 Å². The Morgan fingerprint density at radius 2 is 1.16 bits per heavy atom. The van der Waals surface area contributed by atoms with Crippen LogP contribution in [0.1, 0.15) is 59.3 Å². The third kappa shape index (κ3) is 4.23. The van der Waals surface area contributed by atoms with Crippen molar-refractivity contribution in [2.75, 3.05) is 26.2 Å². The standard InChI is InChI=1S/C14H29N2OPS/c1-14(2,3)19-18(17,15-10-6-4-7-11-15)16-12-8-5-9-13-16/h4-13H2,1-3H3. The van der Waals surface area contributed by atoms with Gasteiger partial charge in [0, 0.05) is 30.9 Å². The van der Waals surface area contributed by atoms with Crippen LogP contribution in [0.3, 0.4) is 0 Å². The van der Waals surface area contributed by atoms with Crippen molar-refractivity contribution in [1.29, 1.82) is 0 Å². The van der Waals surface area contributed by atoms with Crippen molar-refractivity contribution >= 4 is 18.0 Å². The predicted octanol–water partition coefficient (Wildman–Crippen LogP) is 4.60. The number of hydrogen-bond acceptors (Lipinski definition) is 2. The lowest BCUT2D eigenvalue weighted by Gasteiger charge is -2.44. The van der Waals surface area contributed by atoms with Crippen LogP contribution in [0.5, 0.6) is 0 Å². The summed E-state index contributed by atoms with van der Waals surface area (Å²) in [5.41, 5.74) is 0. The molecule has 0 aliphatic carbocycles. The smallest absolute Gasteiger partial charge is 0.272 e. The molecule has 2 aliphatic rings. The minimum atomic E-state index is -2.41. The van der Waals surface area contributed by atoms with Crippen molar-refractivity contribution in [3.63, 3.8) is 0 Å². The van der Waals surface area contributed by atoms with E-state index in [1.54, 1.807) is 11.4 Å². The molecule has 3 nitrogen and oxygen atoms in total. The summed E-state index contributed by atoms with van der Waals surface area (Å²) >= 11 is 1.72. The van der Waals surface area contributed by atoms with Gasteiger partial charge in [-0.3, -0.25) is 4.57 Å². The van der Waals surface area contributed by atoms with Crippen molar-refractivity contribution in [1.82, 2.24) is 9.34 Å². The summed E-state index contributed by atoms with van der Waals surface area (Å²) < 4.78 is 18.4. The fourth-order valence-electron chi connectivity index (χ4n) is 2.91. The maximum atomic E-state index is 13.8. The van der Waals surface area contributed by atoms with Gasteiger partial charge in [0.2, 0.25) is 0 Å². The molecule has 0 bridgehead atoms. The molecule has 2 heterocycles. The Bertz CT molecular complexity index is 309. The fourth-order valence-corrected chi connectivity index (χ4v) is 9.60. The molecule has 0 aromatic carbocycles. The molecule has 0 N–H and O–H groups in total. The maximum Gasteiger partial charge on any atom is 0.272 e. The normalized spacial score (nSPS) is 24.6. The van der Waals surface area contributed by atoms with Gasteiger partial charge in [-0.1, -0.05) is 45.0 Å². The average molecular weight is 304 g/mol. The Labute approximate surface area is 122 Å². The van der Waals surface area contributed by atoms with Crippen molar-refractivity contribution in [3.8, 4) is 0 Å². The zero-order valence-corrected chi connectivity index (χ0v) is 14.4. The van der Waals surface area contributed by atoms with Gasteiger partial charge in [-0.2, -0.15) is 0 Å². The van der Waals surface area contributed by atoms with Gasteiger partial charge in [-0.25, -0.2) is 9.34 Å². The SMILES string of the molecule is CC(C)(C)SP(=O)(N1CCCCC1)N1CCCCC1. The van der Waals surface area contributed by atoms with Gasteiger partial charge in [-0.15, -0.1) is 0 Å². The second-order valence-corrected chi connectivity index (χ2v) is 12.2. The van der Waals surface area contributed by atoms with E-state index in [4.69, 9.17) is 0 Å². The molecule has 112 valence electrons. The van der Waals surface area contributed by atoms with Crippen LogP contribution in [0, 0.1) is 0 Å². The van der Waals surface area contributed by atoms with Gasteiger partial charge >= 0.3 is 0 Å². The van der Waals surface area contributed by atoms with Crippen LogP contribution in [-0.2, 0) is 4.57 Å². The van der Waals surface area contributed by atoms with E-state index in [-0.39, 0.29) is 4.75 Å². The lowest BCUT2D eigenvalue weighted by atomic mass is 10.2. The number of hydrogen-bond donors (Lipinski definition) is 0. The molecule has 2 fully saturated rings. The number of nitrogens with zero attached hydrogens (tertiary/aromatic N) is 2. The summed E-state index contributed by atoms with van der Waals surface area (Å²) in [6.07, 6.45) is 7.45. The molecule has 0 radical (unpaired) electrons. The molecule has 19 heavy (non-hydrogen) atoms. The molecule has 0 spiro atoms. The van der Waals surface area contributed by atoms with Gasteiger partial charge in [0.15, 0.2) is 0 Å². The van der Waals surface area contributed by atoms with Crippen LogP contribution in [0.15, 0.2) is 0 Å². The maximum absolute atomic E-state index is 13.8. The summed E-state index contributed by atoms with van der Waals surface area (Å²) in [5.74, 6) is 0. The Hall–Kier alpha value is 0.500. The molecule has 0 saturated carbocycles. The van der Waals surface area contributed by atoms with E-state index in [0.717, 1.165) is 26.2 Å². The molecule has 2 rings (SSSR count). The molecule has 5 heteroatoms. The minimum Gasteiger partial charge on any atom is -0.276 e. The van der Waals surface area contributed by atoms with Gasteiger partial charge < -0.3 is 0 Å². The first kappa shape index (κ1) is 15.9. The summed E-state index contributed by atoms with van der Waals surface area (Å²) in [6, 6.07) is 0. The monoisotopic (exact) mass is 304 g/mol. The lowest BCUT2D eigenvalue weighted by Crippen LogP contribution is -2.37. The van der Waals surface area contributed by atoms with Crippen LogP contribution in [0.25, 0.3) is 0 Å². The summed E-state index contributed by atoms with van der Waals surface area (Å²) in [7, 11) is 0. The first-order valence-electron chi connectivity index (χ1n) is 7.73. The van der Waals surface area contributed by atoms with E-state index in [1.807, 2.05) is 0 Å². The molecule has 0 aromatic rings. The van der Waals surface area contributed by atoms with Gasteiger partial charge in [0.1, 0.15) is 0 Å². The van der Waals surface area contributed by atoms with Gasteiger partial charge in [0.25, 0.3) is 6.65 Å². The zero-order valence-electron chi connectivity index (χ0n) is 12.7. The Morgan fingerprint density at radius 1 is 0.789 bits per heavy atom. The average Bonchev–Trinajstić information content (AvgIpc) is 2.39. The van der Waals surface area contributed by atoms with Crippen molar-refractivity contribution in [3.05, 3.63) is 0 Å². The molecule has 0 atom stereocenters. The summed E-state index contributed by atoms with van der Waals surface area (Å²) in [4.78, 5) is 0. The number of rotatable bonds is 3. The molecule has 2 saturated heterocycles. The van der Waals surface area contributed by atoms with E-state index in [0.29, 0.717) is 0 Å². The van der Waals surface area contributed by atoms with Crippen LogP contribution in [-0.4, -0.2) is 40.3 Å². The molecular weight excluding hydrogens is 275 g/mol. The van der Waals surface area contributed by atoms with E-state index in [2.05, 4.69) is 30.1 Å². The van der Waals surface area contributed by atoms with Crippen LogP contribution in [0.2, 0.25) is 0 Å². The third-order valence-electron chi connectivity index (χ3n) is 3.77. The van der Waals surface area contributed by atoms with Crippen LogP contribution >= 0.6 is 18.0 Å². The van der Waals surface area contributed by atoms with Gasteiger partial charge in [-0.05, 0) is 25.7 Å². The highest BCUT2D eigenvalue weighted by atomic mass is 32.7. The number of piperidine rings is 2. The fraction of sp³-hybridized carbons (Fsp3) is 1.00. The second-order valence-electron chi connectivity index (χ2n) is 6.72. The van der Waals surface area contributed by atoms with Crippen molar-refractivity contribution in [2.45, 2.75) is 64.0 Å². The van der Waals surface area contributed by atoms with E-state index in [1.165, 1.54) is 38.5 Å². The van der Waals surface area contributed by atoms with E-state index < -0.39 is 6.65 Å². The highest BCUT2D eigenvalue weighted by Gasteiger charge is 2.41. The largest absolute Gasteiger partial charge is 0.276 e.